The zero-order valence-corrected chi connectivity index (χ0v) is 17.5. The fourth-order valence-electron chi connectivity index (χ4n) is 6.71. The first-order valence-corrected chi connectivity index (χ1v) is 10.8. The van der Waals surface area contributed by atoms with Gasteiger partial charge in [-0.05, 0) is 106 Å². The molecule has 1 aromatic rings. The monoisotopic (exact) mass is 368 g/mol. The lowest BCUT2D eigenvalue weighted by molar-refractivity contribution is -0.00612. The first-order chi connectivity index (χ1) is 12.7. The number of rotatable bonds is 3. The first kappa shape index (κ1) is 18.1. The van der Waals surface area contributed by atoms with E-state index in [-0.39, 0.29) is 18.3 Å². The maximum atomic E-state index is 6.33. The van der Waals surface area contributed by atoms with Crippen molar-refractivity contribution in [2.24, 2.45) is 17.8 Å². The summed E-state index contributed by atoms with van der Waals surface area (Å²) in [6, 6.07) is 6.63. The SMILES string of the molecule is COc1ccc(B2OC(C)(C)C(C)(C)O2)cc1C12CC3CC(CC(C3)C1)C2. The summed E-state index contributed by atoms with van der Waals surface area (Å²) < 4.78 is 18.5. The summed E-state index contributed by atoms with van der Waals surface area (Å²) in [5, 5.41) is 0. The summed E-state index contributed by atoms with van der Waals surface area (Å²) in [6.45, 7) is 8.49. The van der Waals surface area contributed by atoms with Gasteiger partial charge in [-0.15, -0.1) is 0 Å². The molecular formula is C23H33BO3. The van der Waals surface area contributed by atoms with Crippen LogP contribution < -0.4 is 10.2 Å². The molecule has 1 aliphatic heterocycles. The van der Waals surface area contributed by atoms with E-state index in [2.05, 4.69) is 45.9 Å². The largest absolute Gasteiger partial charge is 0.496 e. The molecule has 0 spiro atoms. The summed E-state index contributed by atoms with van der Waals surface area (Å²) in [4.78, 5) is 0. The minimum Gasteiger partial charge on any atom is -0.496 e. The van der Waals surface area contributed by atoms with Crippen LogP contribution in [0.5, 0.6) is 5.75 Å². The second-order valence-corrected chi connectivity index (χ2v) is 10.7. The van der Waals surface area contributed by atoms with E-state index >= 15 is 0 Å². The molecular weight excluding hydrogens is 335 g/mol. The van der Waals surface area contributed by atoms with Gasteiger partial charge in [-0.2, -0.15) is 0 Å². The maximum Gasteiger partial charge on any atom is 0.494 e. The lowest BCUT2D eigenvalue weighted by Gasteiger charge is -2.57. The van der Waals surface area contributed by atoms with Gasteiger partial charge in [-0.3, -0.25) is 0 Å². The van der Waals surface area contributed by atoms with Gasteiger partial charge in [0.1, 0.15) is 5.75 Å². The van der Waals surface area contributed by atoms with E-state index in [9.17, 15) is 0 Å². The Bertz CT molecular complexity index is 703. The van der Waals surface area contributed by atoms with Gasteiger partial charge in [0.25, 0.3) is 0 Å². The normalized spacial score (nSPS) is 38.4. The van der Waals surface area contributed by atoms with Crippen LogP contribution in [0.15, 0.2) is 18.2 Å². The van der Waals surface area contributed by atoms with E-state index in [4.69, 9.17) is 14.0 Å². The third-order valence-electron chi connectivity index (χ3n) is 8.36. The fraction of sp³-hybridized carbons (Fsp3) is 0.739. The van der Waals surface area contributed by atoms with E-state index in [1.165, 1.54) is 44.1 Å². The highest BCUT2D eigenvalue weighted by Crippen LogP contribution is 2.61. The van der Waals surface area contributed by atoms with Crippen LogP contribution >= 0.6 is 0 Å². The topological polar surface area (TPSA) is 27.7 Å². The minimum absolute atomic E-state index is 0.298. The average molecular weight is 368 g/mol. The number of hydrogen-bond donors (Lipinski definition) is 0. The van der Waals surface area contributed by atoms with Gasteiger partial charge in [0, 0.05) is 0 Å². The second-order valence-electron chi connectivity index (χ2n) is 10.7. The van der Waals surface area contributed by atoms with E-state index in [1.54, 1.807) is 0 Å². The Labute approximate surface area is 164 Å². The fourth-order valence-corrected chi connectivity index (χ4v) is 6.71. The van der Waals surface area contributed by atoms with Crippen LogP contribution in [0.3, 0.4) is 0 Å². The van der Waals surface area contributed by atoms with Crippen LogP contribution in [-0.2, 0) is 14.7 Å². The van der Waals surface area contributed by atoms with Gasteiger partial charge in [0.15, 0.2) is 0 Å². The van der Waals surface area contributed by atoms with E-state index in [0.29, 0.717) is 5.41 Å². The smallest absolute Gasteiger partial charge is 0.494 e. The minimum atomic E-state index is -0.307. The predicted molar refractivity (Wildman–Crippen MR) is 109 cm³/mol. The molecule has 4 aliphatic carbocycles. The summed E-state index contributed by atoms with van der Waals surface area (Å²) in [5.74, 6) is 3.81. The zero-order valence-electron chi connectivity index (χ0n) is 17.5. The molecule has 6 rings (SSSR count). The van der Waals surface area contributed by atoms with Crippen molar-refractivity contribution in [2.75, 3.05) is 7.11 Å². The van der Waals surface area contributed by atoms with Crippen molar-refractivity contribution in [1.29, 1.82) is 0 Å². The third kappa shape index (κ3) is 2.70. The third-order valence-corrected chi connectivity index (χ3v) is 8.36. The van der Waals surface area contributed by atoms with Gasteiger partial charge in [0.05, 0.1) is 18.3 Å². The highest BCUT2D eigenvalue weighted by Gasteiger charge is 2.54. The Morgan fingerprint density at radius 2 is 1.41 bits per heavy atom. The molecule has 4 bridgehead atoms. The first-order valence-electron chi connectivity index (χ1n) is 10.8. The van der Waals surface area contributed by atoms with Crippen molar-refractivity contribution in [3.8, 4) is 5.75 Å². The Morgan fingerprint density at radius 1 is 0.889 bits per heavy atom. The maximum absolute atomic E-state index is 6.33. The molecule has 1 aromatic carbocycles. The molecule has 1 heterocycles. The molecule has 3 nitrogen and oxygen atoms in total. The second kappa shape index (κ2) is 5.76. The Hall–Kier alpha value is -0.995. The molecule has 0 amide bonds. The molecule has 1 saturated heterocycles. The molecule has 0 atom stereocenters. The lowest BCUT2D eigenvalue weighted by Crippen LogP contribution is -2.49. The molecule has 5 fully saturated rings. The van der Waals surface area contributed by atoms with Gasteiger partial charge < -0.3 is 14.0 Å². The van der Waals surface area contributed by atoms with Gasteiger partial charge in [0.2, 0.25) is 0 Å². The molecule has 5 aliphatic rings. The molecule has 4 heteroatoms. The van der Waals surface area contributed by atoms with Crippen LogP contribution in [0.1, 0.15) is 71.8 Å². The summed E-state index contributed by atoms with van der Waals surface area (Å²) >= 11 is 0. The van der Waals surface area contributed by atoms with E-state index in [1.807, 2.05) is 7.11 Å². The highest BCUT2D eigenvalue weighted by molar-refractivity contribution is 6.62. The van der Waals surface area contributed by atoms with Crippen molar-refractivity contribution in [3.05, 3.63) is 23.8 Å². The Kier molecular flexibility index (Phi) is 3.85. The summed E-state index contributed by atoms with van der Waals surface area (Å²) in [5.41, 5.74) is 2.24. The molecule has 27 heavy (non-hydrogen) atoms. The molecule has 0 radical (unpaired) electrons. The quantitative estimate of drug-likeness (QED) is 0.738. The van der Waals surface area contributed by atoms with Crippen molar-refractivity contribution in [3.63, 3.8) is 0 Å². The highest BCUT2D eigenvalue weighted by atomic mass is 16.7. The van der Waals surface area contributed by atoms with Crippen molar-refractivity contribution in [2.45, 2.75) is 82.8 Å². The van der Waals surface area contributed by atoms with Gasteiger partial charge >= 0.3 is 7.12 Å². The van der Waals surface area contributed by atoms with Crippen LogP contribution in [0.25, 0.3) is 0 Å². The molecule has 0 aromatic heterocycles. The standard InChI is InChI=1S/C23H33BO3/c1-21(2)22(3,4)27-24(26-21)18-6-7-20(25-5)19(11-18)23-12-15-8-16(13-23)10-17(9-15)14-23/h6-7,11,15-17H,8-10,12-14H2,1-5H3. The number of methoxy groups -OCH3 is 1. The van der Waals surface area contributed by atoms with Gasteiger partial charge in [-0.1, -0.05) is 12.1 Å². The summed E-state index contributed by atoms with van der Waals surface area (Å²) in [6.07, 6.45) is 8.38. The Balaban J connectivity index is 1.53. The van der Waals surface area contributed by atoms with Crippen molar-refractivity contribution >= 4 is 12.6 Å². The Morgan fingerprint density at radius 3 is 1.89 bits per heavy atom. The molecule has 0 unspecified atom stereocenters. The summed E-state index contributed by atoms with van der Waals surface area (Å²) in [7, 11) is 1.52. The van der Waals surface area contributed by atoms with Crippen molar-refractivity contribution in [1.82, 2.24) is 0 Å². The van der Waals surface area contributed by atoms with Gasteiger partial charge in [-0.25, -0.2) is 0 Å². The van der Waals surface area contributed by atoms with Crippen LogP contribution in [0.4, 0.5) is 0 Å². The lowest BCUT2D eigenvalue weighted by atomic mass is 9.47. The molecule has 146 valence electrons. The van der Waals surface area contributed by atoms with Crippen LogP contribution in [-0.4, -0.2) is 25.4 Å². The van der Waals surface area contributed by atoms with Crippen LogP contribution in [0.2, 0.25) is 0 Å². The number of hydrogen-bond acceptors (Lipinski definition) is 3. The van der Waals surface area contributed by atoms with E-state index in [0.717, 1.165) is 29.0 Å². The van der Waals surface area contributed by atoms with Crippen LogP contribution in [0, 0.1) is 17.8 Å². The zero-order chi connectivity index (χ0) is 19.0. The number of benzene rings is 1. The average Bonchev–Trinajstić information content (AvgIpc) is 2.81. The number of ether oxygens (including phenoxy) is 1. The molecule has 4 saturated carbocycles. The van der Waals surface area contributed by atoms with Crippen molar-refractivity contribution < 1.29 is 14.0 Å². The predicted octanol–water partition coefficient (Wildman–Crippen LogP) is 4.46. The van der Waals surface area contributed by atoms with E-state index < -0.39 is 0 Å². The molecule has 0 N–H and O–H groups in total.